The van der Waals surface area contributed by atoms with Crippen molar-refractivity contribution in [3.8, 4) is 0 Å². The molecule has 0 bridgehead atoms. The van der Waals surface area contributed by atoms with Crippen LogP contribution in [-0.4, -0.2) is 36.0 Å². The molecule has 0 saturated carbocycles. The second kappa shape index (κ2) is 9.34. The van der Waals surface area contributed by atoms with Crippen molar-refractivity contribution >= 4 is 17.7 Å². The van der Waals surface area contributed by atoms with Crippen molar-refractivity contribution in [3.63, 3.8) is 0 Å². The number of nitro benzene ring substituents is 1. The van der Waals surface area contributed by atoms with Crippen LogP contribution in [-0.2, 0) is 16.1 Å². The highest BCUT2D eigenvalue weighted by molar-refractivity contribution is 5.91. The zero-order valence-electron chi connectivity index (χ0n) is 14.0. The SMILES string of the molecule is COCCN(Cc1ccccc1)C(=O)C=Cc1cccc([N+](=O)[O-])c1. The number of nitrogens with zero attached hydrogens (tertiary/aromatic N) is 2. The molecule has 0 fully saturated rings. The van der Waals surface area contributed by atoms with E-state index in [1.807, 2.05) is 30.3 Å². The molecule has 25 heavy (non-hydrogen) atoms. The van der Waals surface area contributed by atoms with E-state index >= 15 is 0 Å². The van der Waals surface area contributed by atoms with Crippen LogP contribution >= 0.6 is 0 Å². The third-order valence-electron chi connectivity index (χ3n) is 3.59. The summed E-state index contributed by atoms with van der Waals surface area (Å²) in [4.78, 5) is 24.5. The molecule has 0 unspecified atom stereocenters. The number of benzene rings is 2. The first-order chi connectivity index (χ1) is 12.1. The molecule has 0 aliphatic carbocycles. The topological polar surface area (TPSA) is 72.7 Å². The van der Waals surface area contributed by atoms with E-state index in [9.17, 15) is 14.9 Å². The molecule has 2 aromatic carbocycles. The number of nitro groups is 1. The first-order valence-electron chi connectivity index (χ1n) is 7.84. The van der Waals surface area contributed by atoms with Crippen LogP contribution in [0.25, 0.3) is 6.08 Å². The zero-order chi connectivity index (χ0) is 18.1. The van der Waals surface area contributed by atoms with Crippen LogP contribution < -0.4 is 0 Å². The van der Waals surface area contributed by atoms with Crippen LogP contribution in [0.1, 0.15) is 11.1 Å². The van der Waals surface area contributed by atoms with Gasteiger partial charge >= 0.3 is 0 Å². The predicted molar refractivity (Wildman–Crippen MR) is 95.9 cm³/mol. The summed E-state index contributed by atoms with van der Waals surface area (Å²) < 4.78 is 5.07. The van der Waals surface area contributed by atoms with Crippen LogP contribution in [0.2, 0.25) is 0 Å². The molecule has 0 aromatic heterocycles. The summed E-state index contributed by atoms with van der Waals surface area (Å²) >= 11 is 0. The maximum absolute atomic E-state index is 12.5. The van der Waals surface area contributed by atoms with E-state index in [2.05, 4.69) is 0 Å². The maximum Gasteiger partial charge on any atom is 0.270 e. The van der Waals surface area contributed by atoms with Crippen LogP contribution in [0.3, 0.4) is 0 Å². The minimum atomic E-state index is -0.459. The van der Waals surface area contributed by atoms with E-state index in [0.717, 1.165) is 5.56 Å². The Morgan fingerprint density at radius 1 is 1.20 bits per heavy atom. The minimum Gasteiger partial charge on any atom is -0.383 e. The lowest BCUT2D eigenvalue weighted by Crippen LogP contribution is -2.32. The number of methoxy groups -OCH3 is 1. The van der Waals surface area contributed by atoms with E-state index in [1.54, 1.807) is 30.2 Å². The van der Waals surface area contributed by atoms with Crippen molar-refractivity contribution < 1.29 is 14.5 Å². The molecule has 1 amide bonds. The summed E-state index contributed by atoms with van der Waals surface area (Å²) in [5, 5.41) is 10.8. The van der Waals surface area contributed by atoms with Gasteiger partial charge in [0.05, 0.1) is 11.5 Å². The number of non-ortho nitro benzene ring substituents is 1. The van der Waals surface area contributed by atoms with Gasteiger partial charge in [-0.25, -0.2) is 0 Å². The zero-order valence-corrected chi connectivity index (χ0v) is 14.0. The van der Waals surface area contributed by atoms with Crippen molar-refractivity contribution in [1.82, 2.24) is 4.90 Å². The number of carbonyl (C=O) groups excluding carboxylic acids is 1. The summed E-state index contributed by atoms with van der Waals surface area (Å²) in [6.07, 6.45) is 3.01. The molecule has 0 aliphatic rings. The standard InChI is InChI=1S/C19H20N2O4/c1-25-13-12-20(15-17-6-3-2-4-7-17)19(22)11-10-16-8-5-9-18(14-16)21(23)24/h2-11,14H,12-13,15H2,1H3. The maximum atomic E-state index is 12.5. The van der Waals surface area contributed by atoms with E-state index in [-0.39, 0.29) is 11.6 Å². The van der Waals surface area contributed by atoms with Gasteiger partial charge in [0.2, 0.25) is 5.91 Å². The lowest BCUT2D eigenvalue weighted by Gasteiger charge is -2.21. The van der Waals surface area contributed by atoms with Crippen LogP contribution in [0, 0.1) is 10.1 Å². The van der Waals surface area contributed by atoms with Crippen molar-refractivity contribution in [3.05, 3.63) is 81.9 Å². The summed E-state index contributed by atoms with van der Waals surface area (Å²) in [6, 6.07) is 15.8. The second-order valence-corrected chi connectivity index (χ2v) is 5.42. The number of carbonyl (C=O) groups is 1. The molecule has 2 aromatic rings. The molecule has 0 N–H and O–H groups in total. The Balaban J connectivity index is 2.10. The highest BCUT2D eigenvalue weighted by atomic mass is 16.6. The Bertz CT molecular complexity index is 744. The summed E-state index contributed by atoms with van der Waals surface area (Å²) in [5.41, 5.74) is 1.62. The molecule has 6 nitrogen and oxygen atoms in total. The van der Waals surface area contributed by atoms with Gasteiger partial charge in [-0.3, -0.25) is 14.9 Å². The predicted octanol–water partition coefficient (Wildman–Crippen LogP) is 3.28. The molecule has 0 radical (unpaired) electrons. The third-order valence-corrected chi connectivity index (χ3v) is 3.59. The number of ether oxygens (including phenoxy) is 1. The molecule has 0 spiro atoms. The fraction of sp³-hybridized carbons (Fsp3) is 0.211. The average Bonchev–Trinajstić information content (AvgIpc) is 2.64. The van der Waals surface area contributed by atoms with E-state index in [4.69, 9.17) is 4.74 Å². The summed E-state index contributed by atoms with van der Waals surface area (Å²) in [7, 11) is 1.59. The lowest BCUT2D eigenvalue weighted by molar-refractivity contribution is -0.384. The molecule has 130 valence electrons. The smallest absolute Gasteiger partial charge is 0.270 e. The molecule has 0 aliphatic heterocycles. The van der Waals surface area contributed by atoms with E-state index < -0.39 is 4.92 Å². The Morgan fingerprint density at radius 3 is 2.64 bits per heavy atom. The normalized spacial score (nSPS) is 10.8. The minimum absolute atomic E-state index is 0.00452. The lowest BCUT2D eigenvalue weighted by atomic mass is 10.1. The fourth-order valence-electron chi connectivity index (χ4n) is 2.29. The summed E-state index contributed by atoms with van der Waals surface area (Å²) in [6.45, 7) is 1.37. The molecule has 6 heteroatoms. The van der Waals surface area contributed by atoms with Gasteiger partial charge in [0.15, 0.2) is 0 Å². The first kappa shape index (κ1) is 18.4. The van der Waals surface area contributed by atoms with Gasteiger partial charge in [-0.15, -0.1) is 0 Å². The number of hydrogen-bond acceptors (Lipinski definition) is 4. The van der Waals surface area contributed by atoms with Crippen molar-refractivity contribution in [1.29, 1.82) is 0 Å². The molecule has 0 saturated heterocycles. The number of hydrogen-bond donors (Lipinski definition) is 0. The quantitative estimate of drug-likeness (QED) is 0.420. The van der Waals surface area contributed by atoms with Crippen LogP contribution in [0.15, 0.2) is 60.7 Å². The van der Waals surface area contributed by atoms with Gasteiger partial charge < -0.3 is 9.64 Å². The number of amides is 1. The molecular weight excluding hydrogens is 320 g/mol. The highest BCUT2D eigenvalue weighted by Gasteiger charge is 2.11. The summed E-state index contributed by atoms with van der Waals surface area (Å²) in [5.74, 6) is -0.174. The van der Waals surface area contributed by atoms with Gasteiger partial charge in [-0.05, 0) is 17.2 Å². The molecule has 0 heterocycles. The molecule has 0 atom stereocenters. The van der Waals surface area contributed by atoms with Crippen molar-refractivity contribution in [2.75, 3.05) is 20.3 Å². The average molecular weight is 340 g/mol. The van der Waals surface area contributed by atoms with Crippen molar-refractivity contribution in [2.24, 2.45) is 0 Å². The van der Waals surface area contributed by atoms with Gasteiger partial charge in [0.1, 0.15) is 0 Å². The molecule has 2 rings (SSSR count). The van der Waals surface area contributed by atoms with Crippen molar-refractivity contribution in [2.45, 2.75) is 6.54 Å². The van der Waals surface area contributed by atoms with Crippen LogP contribution in [0.4, 0.5) is 5.69 Å². The van der Waals surface area contributed by atoms with E-state index in [1.165, 1.54) is 18.2 Å². The Kier molecular flexibility index (Phi) is 6.86. The number of rotatable bonds is 8. The van der Waals surface area contributed by atoms with Gasteiger partial charge in [0, 0.05) is 38.4 Å². The largest absolute Gasteiger partial charge is 0.383 e. The van der Waals surface area contributed by atoms with E-state index in [0.29, 0.717) is 25.3 Å². The van der Waals surface area contributed by atoms with Crippen LogP contribution in [0.5, 0.6) is 0 Å². The van der Waals surface area contributed by atoms with Gasteiger partial charge in [-0.2, -0.15) is 0 Å². The third kappa shape index (κ3) is 5.86. The Morgan fingerprint density at radius 2 is 1.96 bits per heavy atom. The Labute approximate surface area is 146 Å². The Hall–Kier alpha value is -2.99. The molecular formula is C19H20N2O4. The first-order valence-corrected chi connectivity index (χ1v) is 7.84. The van der Waals surface area contributed by atoms with Gasteiger partial charge in [-0.1, -0.05) is 42.5 Å². The fourth-order valence-corrected chi connectivity index (χ4v) is 2.29. The highest BCUT2D eigenvalue weighted by Crippen LogP contribution is 2.14. The van der Waals surface area contributed by atoms with Gasteiger partial charge in [0.25, 0.3) is 5.69 Å². The second-order valence-electron chi connectivity index (χ2n) is 5.42. The monoisotopic (exact) mass is 340 g/mol.